The maximum atomic E-state index is 3.52. The average molecular weight is 312 g/mol. The van der Waals surface area contributed by atoms with Crippen LogP contribution in [0.3, 0.4) is 0 Å². The van der Waals surface area contributed by atoms with Crippen LogP contribution in [-0.4, -0.2) is 13.1 Å². The summed E-state index contributed by atoms with van der Waals surface area (Å²) in [5.74, 6) is 1.58. The lowest BCUT2D eigenvalue weighted by Crippen LogP contribution is -2.29. The summed E-state index contributed by atoms with van der Waals surface area (Å²) in [6.45, 7) is 9.02. The molecule has 0 heterocycles. The van der Waals surface area contributed by atoms with Gasteiger partial charge in [0.1, 0.15) is 0 Å². The molecule has 1 aromatic carbocycles. The van der Waals surface area contributed by atoms with E-state index in [0.29, 0.717) is 0 Å². The van der Waals surface area contributed by atoms with E-state index in [1.165, 1.54) is 24.8 Å². The molecule has 0 amide bonds. The molecular formula is C16H26BrN. The molecule has 1 atom stereocenters. The van der Waals surface area contributed by atoms with Crippen LogP contribution in [0.5, 0.6) is 0 Å². The van der Waals surface area contributed by atoms with Gasteiger partial charge in [-0.1, -0.05) is 61.7 Å². The van der Waals surface area contributed by atoms with Gasteiger partial charge in [0, 0.05) is 4.47 Å². The Morgan fingerprint density at radius 2 is 1.61 bits per heavy atom. The Morgan fingerprint density at radius 1 is 1.00 bits per heavy atom. The largest absolute Gasteiger partial charge is 0.317 e. The van der Waals surface area contributed by atoms with Gasteiger partial charge in [-0.25, -0.2) is 0 Å². The van der Waals surface area contributed by atoms with Crippen molar-refractivity contribution in [1.29, 1.82) is 0 Å². The summed E-state index contributed by atoms with van der Waals surface area (Å²) in [7, 11) is 0. The number of halogens is 1. The normalized spacial score (nSPS) is 12.9. The highest BCUT2D eigenvalue weighted by Gasteiger charge is 2.18. The summed E-state index contributed by atoms with van der Waals surface area (Å²) in [6.07, 6.45) is 3.75. The molecule has 102 valence electrons. The molecule has 1 nitrogen and oxygen atoms in total. The minimum atomic E-state index is 0.751. The molecule has 0 fully saturated rings. The Hall–Kier alpha value is -0.340. The molecule has 0 aliphatic heterocycles. The van der Waals surface area contributed by atoms with Gasteiger partial charge in [0.25, 0.3) is 0 Å². The molecule has 18 heavy (non-hydrogen) atoms. The van der Waals surface area contributed by atoms with Crippen LogP contribution in [0.2, 0.25) is 0 Å². The first kappa shape index (κ1) is 15.7. The fourth-order valence-corrected chi connectivity index (χ4v) is 2.88. The maximum absolute atomic E-state index is 3.52. The van der Waals surface area contributed by atoms with Gasteiger partial charge in [0.05, 0.1) is 0 Å². The second-order valence-electron chi connectivity index (χ2n) is 4.97. The molecule has 0 saturated carbocycles. The third-order valence-electron chi connectivity index (χ3n) is 3.78. The van der Waals surface area contributed by atoms with Crippen molar-refractivity contribution in [3.8, 4) is 0 Å². The van der Waals surface area contributed by atoms with E-state index in [4.69, 9.17) is 0 Å². The van der Waals surface area contributed by atoms with Crippen LogP contribution in [0.15, 0.2) is 28.7 Å². The van der Waals surface area contributed by atoms with Crippen LogP contribution in [0.25, 0.3) is 0 Å². The van der Waals surface area contributed by atoms with Crippen molar-refractivity contribution in [2.75, 3.05) is 13.1 Å². The van der Waals surface area contributed by atoms with E-state index in [1.807, 2.05) is 0 Å². The first-order chi connectivity index (χ1) is 8.71. The fourth-order valence-electron chi connectivity index (χ4n) is 2.61. The van der Waals surface area contributed by atoms with Gasteiger partial charge in [-0.2, -0.15) is 0 Å². The van der Waals surface area contributed by atoms with Gasteiger partial charge in [-0.3, -0.25) is 0 Å². The molecule has 1 aromatic rings. The molecule has 2 heteroatoms. The summed E-state index contributed by atoms with van der Waals surface area (Å²) in [5.41, 5.74) is 1.45. The Bertz CT molecular complexity index is 316. The molecule has 0 aliphatic rings. The lowest BCUT2D eigenvalue weighted by atomic mass is 9.83. The molecule has 1 unspecified atom stereocenters. The highest BCUT2D eigenvalue weighted by atomic mass is 79.9. The SMILES string of the molecule is CCNCC(Cc1ccc(Br)cc1)C(CC)CC. The van der Waals surface area contributed by atoms with Gasteiger partial charge in [-0.15, -0.1) is 0 Å². The van der Waals surface area contributed by atoms with E-state index in [9.17, 15) is 0 Å². The van der Waals surface area contributed by atoms with Crippen molar-refractivity contribution in [3.05, 3.63) is 34.3 Å². The Morgan fingerprint density at radius 3 is 2.11 bits per heavy atom. The summed E-state index contributed by atoms with van der Waals surface area (Å²) >= 11 is 3.50. The highest BCUT2D eigenvalue weighted by Crippen LogP contribution is 2.24. The van der Waals surface area contributed by atoms with Gasteiger partial charge >= 0.3 is 0 Å². The monoisotopic (exact) mass is 311 g/mol. The molecular weight excluding hydrogens is 286 g/mol. The van der Waals surface area contributed by atoms with Crippen molar-refractivity contribution in [1.82, 2.24) is 5.32 Å². The quantitative estimate of drug-likeness (QED) is 0.736. The van der Waals surface area contributed by atoms with E-state index in [-0.39, 0.29) is 0 Å². The Kier molecular flexibility index (Phi) is 7.60. The highest BCUT2D eigenvalue weighted by molar-refractivity contribution is 9.10. The summed E-state index contributed by atoms with van der Waals surface area (Å²) in [5, 5.41) is 3.52. The number of nitrogens with one attached hydrogen (secondary N) is 1. The van der Waals surface area contributed by atoms with Crippen LogP contribution in [0, 0.1) is 11.8 Å². The summed E-state index contributed by atoms with van der Waals surface area (Å²) in [4.78, 5) is 0. The minimum Gasteiger partial charge on any atom is -0.317 e. The van der Waals surface area contributed by atoms with E-state index in [1.54, 1.807) is 0 Å². The van der Waals surface area contributed by atoms with Crippen molar-refractivity contribution in [3.63, 3.8) is 0 Å². The first-order valence-electron chi connectivity index (χ1n) is 7.16. The van der Waals surface area contributed by atoms with Gasteiger partial charge < -0.3 is 5.32 Å². The van der Waals surface area contributed by atoms with Gasteiger partial charge in [0.2, 0.25) is 0 Å². The molecule has 1 rings (SSSR count). The van der Waals surface area contributed by atoms with Crippen molar-refractivity contribution in [2.24, 2.45) is 11.8 Å². The van der Waals surface area contributed by atoms with Gasteiger partial charge in [-0.05, 0) is 49.0 Å². The smallest absolute Gasteiger partial charge is 0.0175 e. The summed E-state index contributed by atoms with van der Waals surface area (Å²) in [6, 6.07) is 8.77. The number of hydrogen-bond donors (Lipinski definition) is 1. The fraction of sp³-hybridized carbons (Fsp3) is 0.625. The molecule has 0 aliphatic carbocycles. The van der Waals surface area contributed by atoms with Crippen LogP contribution in [-0.2, 0) is 6.42 Å². The standard InChI is InChI=1S/C16H26BrN/c1-4-14(5-2)15(12-18-6-3)11-13-7-9-16(17)10-8-13/h7-10,14-15,18H,4-6,11-12H2,1-3H3. The zero-order chi connectivity index (χ0) is 13.4. The minimum absolute atomic E-state index is 0.751. The molecule has 1 N–H and O–H groups in total. The third kappa shape index (κ3) is 5.11. The lowest BCUT2D eigenvalue weighted by Gasteiger charge is -2.25. The van der Waals surface area contributed by atoms with Crippen LogP contribution in [0.1, 0.15) is 39.2 Å². The van der Waals surface area contributed by atoms with E-state index >= 15 is 0 Å². The number of hydrogen-bond acceptors (Lipinski definition) is 1. The lowest BCUT2D eigenvalue weighted by molar-refractivity contribution is 0.299. The zero-order valence-electron chi connectivity index (χ0n) is 11.9. The Labute approximate surface area is 120 Å². The van der Waals surface area contributed by atoms with Crippen molar-refractivity contribution >= 4 is 15.9 Å². The van der Waals surface area contributed by atoms with Crippen molar-refractivity contribution in [2.45, 2.75) is 40.0 Å². The van der Waals surface area contributed by atoms with Crippen molar-refractivity contribution < 1.29 is 0 Å². The van der Waals surface area contributed by atoms with Crippen LogP contribution >= 0.6 is 15.9 Å². The number of benzene rings is 1. The van der Waals surface area contributed by atoms with E-state index < -0.39 is 0 Å². The molecule has 0 spiro atoms. The maximum Gasteiger partial charge on any atom is 0.0175 e. The predicted octanol–water partition coefficient (Wildman–Crippen LogP) is 4.65. The second kappa shape index (κ2) is 8.71. The van der Waals surface area contributed by atoms with E-state index in [2.05, 4.69) is 66.3 Å². The molecule has 0 radical (unpaired) electrons. The summed E-state index contributed by atoms with van der Waals surface area (Å²) < 4.78 is 1.16. The third-order valence-corrected chi connectivity index (χ3v) is 4.31. The Balaban J connectivity index is 2.67. The van der Waals surface area contributed by atoms with Gasteiger partial charge in [0.15, 0.2) is 0 Å². The van der Waals surface area contributed by atoms with Crippen LogP contribution < -0.4 is 5.32 Å². The number of rotatable bonds is 8. The average Bonchev–Trinajstić information content (AvgIpc) is 2.39. The molecule has 0 aromatic heterocycles. The topological polar surface area (TPSA) is 12.0 Å². The van der Waals surface area contributed by atoms with E-state index in [0.717, 1.165) is 29.4 Å². The predicted molar refractivity (Wildman–Crippen MR) is 84.0 cm³/mol. The van der Waals surface area contributed by atoms with Crippen LogP contribution in [0.4, 0.5) is 0 Å². The zero-order valence-corrected chi connectivity index (χ0v) is 13.5. The second-order valence-corrected chi connectivity index (χ2v) is 5.89. The first-order valence-corrected chi connectivity index (χ1v) is 7.95. The molecule has 0 bridgehead atoms. The molecule has 0 saturated heterocycles.